The van der Waals surface area contributed by atoms with Crippen molar-refractivity contribution in [3.05, 3.63) is 34.6 Å². The molecule has 0 aliphatic heterocycles. The molecule has 0 fully saturated rings. The summed E-state index contributed by atoms with van der Waals surface area (Å²) in [4.78, 5) is 12.3. The quantitative estimate of drug-likeness (QED) is 0.907. The zero-order chi connectivity index (χ0) is 12.5. The number of aromatic nitrogens is 1. The minimum Gasteiger partial charge on any atom is -0.394 e. The molecule has 0 amide bonds. The summed E-state index contributed by atoms with van der Waals surface area (Å²) in [6, 6.07) is 7.60. The van der Waals surface area contributed by atoms with E-state index in [4.69, 9.17) is 0 Å². The van der Waals surface area contributed by atoms with E-state index in [-0.39, 0.29) is 12.2 Å². The fraction of sp³-hybridized carbons (Fsp3) is 0.462. The Balaban J connectivity index is 2.70. The fourth-order valence-electron chi connectivity index (χ4n) is 2.11. The van der Waals surface area contributed by atoms with Crippen LogP contribution in [-0.2, 0) is 5.54 Å². The maximum atomic E-state index is 12.3. The van der Waals surface area contributed by atoms with Crippen LogP contribution in [0.3, 0.4) is 0 Å². The first-order valence-corrected chi connectivity index (χ1v) is 6.68. The molecule has 0 radical (unpaired) electrons. The molecule has 0 spiro atoms. The maximum Gasteiger partial charge on any atom is 0.269 e. The van der Waals surface area contributed by atoms with Gasteiger partial charge in [-0.1, -0.05) is 37.5 Å². The van der Waals surface area contributed by atoms with Gasteiger partial charge < -0.3 is 5.11 Å². The van der Waals surface area contributed by atoms with Crippen molar-refractivity contribution in [1.82, 2.24) is 3.96 Å². The van der Waals surface area contributed by atoms with Crippen LogP contribution in [0.25, 0.3) is 10.1 Å². The second-order valence-electron chi connectivity index (χ2n) is 4.28. The lowest BCUT2D eigenvalue weighted by Crippen LogP contribution is -2.40. The number of hydrogen-bond acceptors (Lipinski definition) is 3. The van der Waals surface area contributed by atoms with Gasteiger partial charge in [0.2, 0.25) is 0 Å². The number of fused-ring (bicyclic) bond motifs is 1. The van der Waals surface area contributed by atoms with Crippen LogP contribution in [-0.4, -0.2) is 15.7 Å². The standard InChI is InChI=1S/C13H17NO2S/c1-3-13(4-2,9-15)14-12(16)10-7-5-6-8-11(10)17-14/h5-8,15H,3-4,9H2,1-2H3. The average Bonchev–Trinajstić information content (AvgIpc) is 2.72. The lowest BCUT2D eigenvalue weighted by atomic mass is 9.94. The fourth-order valence-corrected chi connectivity index (χ4v) is 3.39. The molecule has 1 aromatic carbocycles. The van der Waals surface area contributed by atoms with E-state index in [9.17, 15) is 9.90 Å². The molecule has 0 bridgehead atoms. The largest absolute Gasteiger partial charge is 0.394 e. The van der Waals surface area contributed by atoms with E-state index in [1.54, 1.807) is 3.96 Å². The van der Waals surface area contributed by atoms with Crippen LogP contribution in [0.15, 0.2) is 29.1 Å². The zero-order valence-electron chi connectivity index (χ0n) is 10.1. The second-order valence-corrected chi connectivity index (χ2v) is 5.26. The minimum absolute atomic E-state index is 0.00668. The summed E-state index contributed by atoms with van der Waals surface area (Å²) in [6.45, 7) is 4.03. The molecule has 1 N–H and O–H groups in total. The normalized spacial score (nSPS) is 12.2. The smallest absolute Gasteiger partial charge is 0.269 e. The Bertz CT molecular complexity index is 558. The Kier molecular flexibility index (Phi) is 3.35. The van der Waals surface area contributed by atoms with E-state index in [1.165, 1.54) is 11.5 Å². The van der Waals surface area contributed by atoms with Crippen LogP contribution < -0.4 is 5.56 Å². The number of aliphatic hydroxyl groups is 1. The van der Waals surface area contributed by atoms with Crippen LogP contribution in [0, 0.1) is 0 Å². The minimum atomic E-state index is -0.444. The molecule has 17 heavy (non-hydrogen) atoms. The van der Waals surface area contributed by atoms with Crippen molar-refractivity contribution in [2.45, 2.75) is 32.2 Å². The number of hydrogen-bond donors (Lipinski definition) is 1. The van der Waals surface area contributed by atoms with Gasteiger partial charge in [0.25, 0.3) is 5.56 Å². The van der Waals surface area contributed by atoms with Crippen molar-refractivity contribution in [1.29, 1.82) is 0 Å². The molecule has 2 rings (SSSR count). The van der Waals surface area contributed by atoms with Crippen molar-refractivity contribution >= 4 is 21.6 Å². The summed E-state index contributed by atoms with van der Waals surface area (Å²) in [5.74, 6) is 0. The SMILES string of the molecule is CCC(CC)(CO)n1sc2ccccc2c1=O. The van der Waals surface area contributed by atoms with Crippen LogP contribution in [0.2, 0.25) is 0 Å². The number of nitrogens with zero attached hydrogens (tertiary/aromatic N) is 1. The molecule has 2 aromatic rings. The van der Waals surface area contributed by atoms with Crippen molar-refractivity contribution < 1.29 is 5.11 Å². The number of benzene rings is 1. The van der Waals surface area contributed by atoms with Crippen molar-refractivity contribution in [3.63, 3.8) is 0 Å². The first-order chi connectivity index (χ1) is 8.18. The molecule has 0 aliphatic carbocycles. The Hall–Kier alpha value is -1.13. The third-order valence-electron chi connectivity index (χ3n) is 3.53. The van der Waals surface area contributed by atoms with Gasteiger partial charge in [0.15, 0.2) is 0 Å². The highest BCUT2D eigenvalue weighted by Crippen LogP contribution is 2.28. The number of aliphatic hydroxyl groups excluding tert-OH is 1. The third-order valence-corrected chi connectivity index (χ3v) is 4.82. The third kappa shape index (κ3) is 1.81. The topological polar surface area (TPSA) is 42.2 Å². The summed E-state index contributed by atoms with van der Waals surface area (Å²) in [6.07, 6.45) is 1.51. The highest BCUT2D eigenvalue weighted by Gasteiger charge is 2.30. The first kappa shape index (κ1) is 12.3. The van der Waals surface area contributed by atoms with Gasteiger partial charge in [0.1, 0.15) is 0 Å². The van der Waals surface area contributed by atoms with Gasteiger partial charge in [0.05, 0.1) is 22.2 Å². The molecule has 0 saturated heterocycles. The van der Waals surface area contributed by atoms with Crippen molar-refractivity contribution in [3.8, 4) is 0 Å². The van der Waals surface area contributed by atoms with Gasteiger partial charge in [-0.15, -0.1) is 0 Å². The monoisotopic (exact) mass is 251 g/mol. The van der Waals surface area contributed by atoms with Crippen molar-refractivity contribution in [2.75, 3.05) is 6.61 Å². The lowest BCUT2D eigenvalue weighted by molar-refractivity contribution is 0.129. The van der Waals surface area contributed by atoms with Crippen LogP contribution in [0.1, 0.15) is 26.7 Å². The molecule has 3 nitrogen and oxygen atoms in total. The Morgan fingerprint density at radius 3 is 2.47 bits per heavy atom. The van der Waals surface area contributed by atoms with E-state index in [0.29, 0.717) is 0 Å². The van der Waals surface area contributed by atoms with Gasteiger partial charge in [-0.3, -0.25) is 8.75 Å². The summed E-state index contributed by atoms with van der Waals surface area (Å²) < 4.78 is 2.73. The molecule has 0 saturated carbocycles. The highest BCUT2D eigenvalue weighted by atomic mass is 32.1. The van der Waals surface area contributed by atoms with Gasteiger partial charge in [-0.25, -0.2) is 0 Å². The highest BCUT2D eigenvalue weighted by molar-refractivity contribution is 7.13. The van der Waals surface area contributed by atoms with E-state index < -0.39 is 5.54 Å². The van der Waals surface area contributed by atoms with E-state index in [1.807, 2.05) is 38.1 Å². The summed E-state index contributed by atoms with van der Waals surface area (Å²) >= 11 is 1.45. The van der Waals surface area contributed by atoms with E-state index in [0.717, 1.165) is 22.9 Å². The molecule has 0 aliphatic rings. The van der Waals surface area contributed by atoms with Gasteiger partial charge >= 0.3 is 0 Å². The second kappa shape index (κ2) is 4.63. The van der Waals surface area contributed by atoms with Crippen LogP contribution >= 0.6 is 11.5 Å². The number of rotatable bonds is 4. The Morgan fingerprint density at radius 2 is 1.94 bits per heavy atom. The molecule has 92 valence electrons. The zero-order valence-corrected chi connectivity index (χ0v) is 11.0. The Morgan fingerprint density at radius 1 is 1.29 bits per heavy atom. The lowest BCUT2D eigenvalue weighted by Gasteiger charge is -2.29. The molecule has 1 aromatic heterocycles. The predicted octanol–water partition coefficient (Wildman–Crippen LogP) is 2.57. The van der Waals surface area contributed by atoms with E-state index in [2.05, 4.69) is 0 Å². The van der Waals surface area contributed by atoms with Gasteiger partial charge in [0, 0.05) is 0 Å². The average molecular weight is 251 g/mol. The predicted molar refractivity (Wildman–Crippen MR) is 71.7 cm³/mol. The van der Waals surface area contributed by atoms with Crippen LogP contribution in [0.5, 0.6) is 0 Å². The summed E-state index contributed by atoms with van der Waals surface area (Å²) in [5.41, 5.74) is -0.427. The van der Waals surface area contributed by atoms with E-state index >= 15 is 0 Å². The molecular weight excluding hydrogens is 234 g/mol. The molecule has 4 heteroatoms. The maximum absolute atomic E-state index is 12.3. The summed E-state index contributed by atoms with van der Waals surface area (Å²) in [5, 5.41) is 10.4. The molecule has 1 heterocycles. The van der Waals surface area contributed by atoms with Gasteiger partial charge in [-0.05, 0) is 25.0 Å². The van der Waals surface area contributed by atoms with Crippen molar-refractivity contribution in [2.24, 2.45) is 0 Å². The van der Waals surface area contributed by atoms with Gasteiger partial charge in [-0.2, -0.15) is 0 Å². The molecule has 0 atom stereocenters. The molecule has 0 unspecified atom stereocenters. The Labute approximate surface area is 104 Å². The first-order valence-electron chi connectivity index (χ1n) is 5.91. The summed E-state index contributed by atoms with van der Waals surface area (Å²) in [7, 11) is 0. The molecular formula is C13H17NO2S. The van der Waals surface area contributed by atoms with Crippen LogP contribution in [0.4, 0.5) is 0 Å².